The molecule has 2 heterocycles. The molecule has 0 fully saturated rings. The van der Waals surface area contributed by atoms with E-state index in [-0.39, 0.29) is 6.42 Å². The van der Waals surface area contributed by atoms with Gasteiger partial charge in [-0.3, -0.25) is 9.79 Å². The first-order valence-corrected chi connectivity index (χ1v) is 7.04. The minimum atomic E-state index is -0.835. The second kappa shape index (κ2) is 6.26. The lowest BCUT2D eigenvalue weighted by Crippen LogP contribution is -2.20. The Morgan fingerprint density at radius 2 is 2.09 bits per heavy atom. The van der Waals surface area contributed by atoms with Crippen LogP contribution in [0.2, 0.25) is 0 Å². The molecule has 0 aliphatic carbocycles. The van der Waals surface area contributed by atoms with Crippen LogP contribution in [0.25, 0.3) is 0 Å². The molecule has 1 aliphatic rings. The number of hydrogen-bond acceptors (Lipinski definition) is 5. The van der Waals surface area contributed by atoms with E-state index in [4.69, 9.17) is 5.11 Å². The van der Waals surface area contributed by atoms with Crippen LogP contribution in [0.4, 0.5) is 11.5 Å². The molecule has 0 atom stereocenters. The van der Waals surface area contributed by atoms with Crippen LogP contribution in [-0.4, -0.2) is 35.0 Å². The Morgan fingerprint density at radius 1 is 1.27 bits per heavy atom. The summed E-state index contributed by atoms with van der Waals surface area (Å²) in [5.41, 5.74) is 2.54. The van der Waals surface area contributed by atoms with E-state index in [1.54, 1.807) is 18.3 Å². The lowest BCUT2D eigenvalue weighted by molar-refractivity contribution is -0.136. The van der Waals surface area contributed by atoms with Crippen molar-refractivity contribution in [1.82, 2.24) is 10.3 Å². The first kappa shape index (κ1) is 14.1. The normalized spacial score (nSPS) is 13.4. The van der Waals surface area contributed by atoms with Gasteiger partial charge in [-0.25, -0.2) is 4.98 Å². The van der Waals surface area contributed by atoms with E-state index in [1.807, 2.05) is 24.3 Å². The molecule has 0 amide bonds. The van der Waals surface area contributed by atoms with Gasteiger partial charge >= 0.3 is 5.97 Å². The Labute approximate surface area is 127 Å². The van der Waals surface area contributed by atoms with Gasteiger partial charge in [0.05, 0.1) is 18.5 Å². The number of nitrogens with one attached hydrogen (secondary N) is 2. The highest BCUT2D eigenvalue weighted by Crippen LogP contribution is 2.20. The number of benzene rings is 1. The summed E-state index contributed by atoms with van der Waals surface area (Å²) >= 11 is 0. The second-order valence-electron chi connectivity index (χ2n) is 4.95. The average molecular weight is 296 g/mol. The van der Waals surface area contributed by atoms with Crippen molar-refractivity contribution in [2.45, 2.75) is 6.42 Å². The van der Waals surface area contributed by atoms with Crippen molar-refractivity contribution in [3.8, 4) is 0 Å². The monoisotopic (exact) mass is 296 g/mol. The zero-order valence-corrected chi connectivity index (χ0v) is 11.9. The van der Waals surface area contributed by atoms with Crippen molar-refractivity contribution < 1.29 is 9.90 Å². The highest BCUT2D eigenvalue weighted by molar-refractivity contribution is 6.04. The summed E-state index contributed by atoms with van der Waals surface area (Å²) in [6.45, 7) is 1.61. The molecule has 1 aromatic carbocycles. The van der Waals surface area contributed by atoms with Crippen molar-refractivity contribution in [3.05, 3.63) is 53.7 Å². The van der Waals surface area contributed by atoms with Crippen molar-refractivity contribution in [1.29, 1.82) is 0 Å². The fraction of sp³-hybridized carbons (Fsp3) is 0.188. The zero-order chi connectivity index (χ0) is 15.4. The third-order valence-electron chi connectivity index (χ3n) is 3.31. The molecule has 0 unspecified atom stereocenters. The number of anilines is 2. The van der Waals surface area contributed by atoms with E-state index in [9.17, 15) is 4.79 Å². The van der Waals surface area contributed by atoms with Crippen LogP contribution in [0.5, 0.6) is 0 Å². The van der Waals surface area contributed by atoms with Gasteiger partial charge in [0, 0.05) is 18.4 Å². The Kier molecular flexibility index (Phi) is 4.00. The third-order valence-corrected chi connectivity index (χ3v) is 3.31. The molecule has 3 rings (SSSR count). The van der Waals surface area contributed by atoms with Gasteiger partial charge < -0.3 is 15.7 Å². The summed E-state index contributed by atoms with van der Waals surface area (Å²) in [7, 11) is 0. The minimum absolute atomic E-state index is 0.0237. The smallest absolute Gasteiger partial charge is 0.307 e. The maximum absolute atomic E-state index is 10.7. The molecule has 6 heteroatoms. The van der Waals surface area contributed by atoms with Gasteiger partial charge in [0.25, 0.3) is 0 Å². The molecule has 0 bridgehead atoms. The Balaban J connectivity index is 1.80. The third kappa shape index (κ3) is 3.22. The number of pyridine rings is 1. The van der Waals surface area contributed by atoms with E-state index in [0.29, 0.717) is 0 Å². The Bertz CT molecular complexity index is 710. The average Bonchev–Trinajstić information content (AvgIpc) is 3.03. The Hall–Kier alpha value is -2.89. The number of rotatable bonds is 5. The number of carboxylic acid groups (broad SMARTS) is 1. The molecular formula is C16H16N4O2. The molecule has 1 aliphatic heterocycles. The van der Waals surface area contributed by atoms with Gasteiger partial charge in [0.15, 0.2) is 0 Å². The number of carbonyl (C=O) groups is 1. The number of carboxylic acids is 1. The van der Waals surface area contributed by atoms with Gasteiger partial charge in [-0.2, -0.15) is 0 Å². The van der Waals surface area contributed by atoms with Gasteiger partial charge in [-0.05, 0) is 29.8 Å². The van der Waals surface area contributed by atoms with Gasteiger partial charge in [-0.15, -0.1) is 0 Å². The van der Waals surface area contributed by atoms with Crippen LogP contribution in [0.15, 0.2) is 47.6 Å². The highest BCUT2D eigenvalue weighted by Gasteiger charge is 2.13. The predicted octanol–water partition coefficient (Wildman–Crippen LogP) is 1.80. The summed E-state index contributed by atoms with van der Waals surface area (Å²) < 4.78 is 0. The molecule has 0 radical (unpaired) electrons. The van der Waals surface area contributed by atoms with Crippen molar-refractivity contribution in [2.75, 3.05) is 18.4 Å². The predicted molar refractivity (Wildman–Crippen MR) is 84.7 cm³/mol. The number of aliphatic carboxylic acids is 1. The molecule has 112 valence electrons. The second-order valence-corrected chi connectivity index (χ2v) is 4.95. The standard InChI is InChI=1S/C16H16N4O2/c21-14(22)10-11-3-5-12(6-4-11)20-16-13(2-1-7-17-16)15-18-8-9-19-15/h1-7H,8-10H2,(H,17,20)(H,18,19)(H,21,22). The van der Waals surface area contributed by atoms with E-state index < -0.39 is 5.97 Å². The number of amidine groups is 1. The van der Waals surface area contributed by atoms with Crippen LogP contribution < -0.4 is 10.6 Å². The van der Waals surface area contributed by atoms with Crippen LogP contribution in [0, 0.1) is 0 Å². The number of nitrogens with zero attached hydrogens (tertiary/aromatic N) is 2. The van der Waals surface area contributed by atoms with E-state index in [2.05, 4.69) is 20.6 Å². The summed E-state index contributed by atoms with van der Waals surface area (Å²) in [5.74, 6) is 0.734. The molecule has 3 N–H and O–H groups in total. The summed E-state index contributed by atoms with van der Waals surface area (Å²) in [5, 5.41) is 15.3. The number of aliphatic imine (C=N–C) groups is 1. The quantitative estimate of drug-likeness (QED) is 0.783. The summed E-state index contributed by atoms with van der Waals surface area (Å²) in [6.07, 6.45) is 1.75. The summed E-state index contributed by atoms with van der Waals surface area (Å²) in [6, 6.07) is 11.1. The topological polar surface area (TPSA) is 86.6 Å². The Morgan fingerprint density at radius 3 is 2.77 bits per heavy atom. The SMILES string of the molecule is O=C(O)Cc1ccc(Nc2ncccc2C2=NCCN2)cc1. The number of hydrogen-bond donors (Lipinski definition) is 3. The van der Waals surface area contributed by atoms with E-state index >= 15 is 0 Å². The van der Waals surface area contributed by atoms with Crippen LogP contribution >= 0.6 is 0 Å². The van der Waals surface area contributed by atoms with E-state index in [1.165, 1.54) is 0 Å². The van der Waals surface area contributed by atoms with Crippen molar-refractivity contribution in [2.24, 2.45) is 4.99 Å². The largest absolute Gasteiger partial charge is 0.481 e. The van der Waals surface area contributed by atoms with Crippen LogP contribution in [-0.2, 0) is 11.2 Å². The van der Waals surface area contributed by atoms with E-state index in [0.717, 1.165) is 41.6 Å². The van der Waals surface area contributed by atoms with Gasteiger partial charge in [0.2, 0.25) is 0 Å². The zero-order valence-electron chi connectivity index (χ0n) is 11.9. The van der Waals surface area contributed by atoms with Gasteiger partial charge in [-0.1, -0.05) is 12.1 Å². The minimum Gasteiger partial charge on any atom is -0.481 e. The number of aromatic nitrogens is 1. The maximum atomic E-state index is 10.7. The molecule has 0 saturated heterocycles. The molecule has 22 heavy (non-hydrogen) atoms. The first-order valence-electron chi connectivity index (χ1n) is 7.04. The molecule has 0 spiro atoms. The van der Waals surface area contributed by atoms with Crippen molar-refractivity contribution >= 4 is 23.3 Å². The van der Waals surface area contributed by atoms with Crippen LogP contribution in [0.1, 0.15) is 11.1 Å². The fourth-order valence-electron chi connectivity index (χ4n) is 2.29. The molecule has 6 nitrogen and oxygen atoms in total. The lowest BCUT2D eigenvalue weighted by Gasteiger charge is -2.11. The molecular weight excluding hydrogens is 280 g/mol. The van der Waals surface area contributed by atoms with Crippen molar-refractivity contribution in [3.63, 3.8) is 0 Å². The summed E-state index contributed by atoms with van der Waals surface area (Å²) in [4.78, 5) is 19.5. The first-order chi connectivity index (χ1) is 10.7. The molecule has 1 aromatic heterocycles. The highest BCUT2D eigenvalue weighted by atomic mass is 16.4. The van der Waals surface area contributed by atoms with Gasteiger partial charge in [0.1, 0.15) is 11.7 Å². The fourth-order valence-corrected chi connectivity index (χ4v) is 2.29. The van der Waals surface area contributed by atoms with Crippen LogP contribution in [0.3, 0.4) is 0 Å². The lowest BCUT2D eigenvalue weighted by atomic mass is 10.1. The molecule has 0 saturated carbocycles. The maximum Gasteiger partial charge on any atom is 0.307 e. The molecule has 2 aromatic rings.